The molecule has 7 rings (SSSR count). The number of anilines is 2. The number of aliphatic hydroxyl groups excluding tert-OH is 1. The van der Waals surface area contributed by atoms with E-state index in [-0.39, 0.29) is 48.9 Å². The molecular formula is C39H45N3O7Si. The Balaban J connectivity index is 1.32. The van der Waals surface area contributed by atoms with Crippen LogP contribution in [0.1, 0.15) is 30.0 Å². The van der Waals surface area contributed by atoms with Gasteiger partial charge in [0.15, 0.2) is 5.60 Å². The van der Waals surface area contributed by atoms with E-state index >= 15 is 0 Å². The molecule has 3 aromatic rings. The fourth-order valence-corrected chi connectivity index (χ4v) is 13.0. The number of methoxy groups -OCH3 is 1. The number of hydrogen-bond donors (Lipinski definition) is 1. The Bertz CT molecular complexity index is 1830. The van der Waals surface area contributed by atoms with Crippen molar-refractivity contribution in [3.63, 3.8) is 0 Å². The van der Waals surface area contributed by atoms with Crippen molar-refractivity contribution in [2.24, 2.45) is 5.92 Å². The van der Waals surface area contributed by atoms with E-state index in [9.17, 15) is 19.5 Å². The molecule has 0 bridgehead atoms. The van der Waals surface area contributed by atoms with E-state index in [0.29, 0.717) is 43.1 Å². The van der Waals surface area contributed by atoms with Gasteiger partial charge < -0.3 is 29.1 Å². The normalized spacial score (nSPS) is 25.9. The number of benzene rings is 3. The highest BCUT2D eigenvalue weighted by molar-refractivity contribution is 6.91. The second-order valence-electron chi connectivity index (χ2n) is 14.4. The van der Waals surface area contributed by atoms with Crippen molar-refractivity contribution in [3.05, 3.63) is 96.1 Å². The maximum atomic E-state index is 14.9. The van der Waals surface area contributed by atoms with Gasteiger partial charge in [-0.2, -0.15) is 0 Å². The first-order valence-corrected chi connectivity index (χ1v) is 20.4. The van der Waals surface area contributed by atoms with Gasteiger partial charge in [0.2, 0.25) is 5.91 Å². The van der Waals surface area contributed by atoms with Crippen LogP contribution in [0, 0.1) is 5.92 Å². The predicted molar refractivity (Wildman–Crippen MR) is 193 cm³/mol. The van der Waals surface area contributed by atoms with E-state index in [1.165, 1.54) is 0 Å². The average molecular weight is 696 g/mol. The van der Waals surface area contributed by atoms with Gasteiger partial charge in [-0.1, -0.05) is 67.7 Å². The number of nitrogens with zero attached hydrogens (tertiary/aromatic N) is 3. The Labute approximate surface area is 294 Å². The van der Waals surface area contributed by atoms with E-state index in [4.69, 9.17) is 14.2 Å². The molecule has 4 aliphatic heterocycles. The molecule has 50 heavy (non-hydrogen) atoms. The van der Waals surface area contributed by atoms with Crippen LogP contribution in [0.2, 0.25) is 18.6 Å². The Morgan fingerprint density at radius 2 is 1.84 bits per heavy atom. The Hall–Kier alpha value is -4.45. The van der Waals surface area contributed by atoms with Gasteiger partial charge in [0, 0.05) is 30.3 Å². The lowest BCUT2D eigenvalue weighted by molar-refractivity contribution is -0.150. The number of ether oxygens (including phenoxy) is 3. The summed E-state index contributed by atoms with van der Waals surface area (Å²) in [7, 11) is -0.877. The number of aliphatic hydroxyl groups is 1. The zero-order chi connectivity index (χ0) is 35.4. The van der Waals surface area contributed by atoms with Gasteiger partial charge in [0.05, 0.1) is 52.6 Å². The third-order valence-electron chi connectivity index (χ3n) is 11.5. The summed E-state index contributed by atoms with van der Waals surface area (Å²) < 4.78 is 17.9. The standard InChI is InChI=1S/C39H45N3O7Si/c1-6-17-41-33-16-11-28(40-18-19-48-38(40)46)21-32(33)39(37(41)45)25(2)36(50(4,5)31-14-12-30(47-3)13-15-31)34(49-39)22-35(44)42-23-27-10-8-7-9-26(27)20-29(42)24-43/h6-16,21,25,29,34,36,43H,1,17-20,22-24H2,2-5H3/t25-,29+,34+,36-,39+/m1/s1. The first-order valence-electron chi connectivity index (χ1n) is 17.4. The summed E-state index contributed by atoms with van der Waals surface area (Å²) in [4.78, 5) is 47.0. The molecule has 3 aromatic carbocycles. The van der Waals surface area contributed by atoms with E-state index in [1.807, 2.05) is 48.5 Å². The minimum atomic E-state index is -2.52. The summed E-state index contributed by atoms with van der Waals surface area (Å²) in [6, 6.07) is 21.4. The Kier molecular flexibility index (Phi) is 8.86. The van der Waals surface area contributed by atoms with Crippen LogP contribution in [-0.4, -0.2) is 81.5 Å². The number of carbonyl (C=O) groups is 3. The number of rotatable bonds is 9. The highest BCUT2D eigenvalue weighted by Crippen LogP contribution is 2.60. The molecule has 11 heteroatoms. The first-order chi connectivity index (χ1) is 24.0. The van der Waals surface area contributed by atoms with Gasteiger partial charge in [-0.3, -0.25) is 14.5 Å². The molecule has 0 aliphatic carbocycles. The van der Waals surface area contributed by atoms with Gasteiger partial charge in [-0.05, 0) is 53.4 Å². The maximum Gasteiger partial charge on any atom is 0.414 e. The first kappa shape index (κ1) is 34.0. The Morgan fingerprint density at radius 3 is 2.50 bits per heavy atom. The molecule has 4 aliphatic rings. The lowest BCUT2D eigenvalue weighted by Crippen LogP contribution is -2.52. The summed E-state index contributed by atoms with van der Waals surface area (Å²) in [5, 5.41) is 11.6. The summed E-state index contributed by atoms with van der Waals surface area (Å²) in [5.74, 6) is 0.118. The fraction of sp³-hybridized carbons (Fsp3) is 0.410. The number of hydrogen-bond acceptors (Lipinski definition) is 7. The van der Waals surface area contributed by atoms with Gasteiger partial charge in [0.25, 0.3) is 5.91 Å². The van der Waals surface area contributed by atoms with Crippen LogP contribution in [0.5, 0.6) is 5.75 Å². The molecule has 0 saturated carbocycles. The highest BCUT2D eigenvalue weighted by Gasteiger charge is 2.66. The van der Waals surface area contributed by atoms with Crippen molar-refractivity contribution in [3.8, 4) is 5.75 Å². The summed E-state index contributed by atoms with van der Waals surface area (Å²) in [5.41, 5.74) is 2.68. The molecule has 262 valence electrons. The minimum Gasteiger partial charge on any atom is -0.497 e. The van der Waals surface area contributed by atoms with Crippen LogP contribution in [-0.2, 0) is 37.6 Å². The van der Waals surface area contributed by atoms with E-state index < -0.39 is 25.9 Å². The number of carbonyl (C=O) groups excluding carboxylic acids is 3. The lowest BCUT2D eigenvalue weighted by Gasteiger charge is -2.39. The van der Waals surface area contributed by atoms with Crippen molar-refractivity contribution in [1.82, 2.24) is 4.90 Å². The molecule has 10 nitrogen and oxygen atoms in total. The third kappa shape index (κ3) is 5.34. The van der Waals surface area contributed by atoms with E-state index in [2.05, 4.69) is 44.8 Å². The molecule has 5 atom stereocenters. The molecule has 3 amide bonds. The van der Waals surface area contributed by atoms with Crippen molar-refractivity contribution >= 4 is 42.5 Å². The summed E-state index contributed by atoms with van der Waals surface area (Å²) in [6.07, 6.45) is 1.30. The second-order valence-corrected chi connectivity index (χ2v) is 19.1. The van der Waals surface area contributed by atoms with Crippen LogP contribution < -0.4 is 19.7 Å². The average Bonchev–Trinajstić information content (AvgIpc) is 3.76. The molecular weight excluding hydrogens is 651 g/mol. The maximum absolute atomic E-state index is 14.9. The molecule has 4 heterocycles. The van der Waals surface area contributed by atoms with E-state index in [1.54, 1.807) is 27.9 Å². The van der Waals surface area contributed by atoms with Gasteiger partial charge in [0.1, 0.15) is 12.4 Å². The summed E-state index contributed by atoms with van der Waals surface area (Å²) >= 11 is 0. The molecule has 0 unspecified atom stereocenters. The van der Waals surface area contributed by atoms with Crippen LogP contribution in [0.15, 0.2) is 79.4 Å². The topological polar surface area (TPSA) is 109 Å². The molecule has 0 aromatic heterocycles. The van der Waals surface area contributed by atoms with Gasteiger partial charge >= 0.3 is 6.09 Å². The SMILES string of the molecule is C=CCN1C(=O)[C@@]2(O[C@@H](CC(=O)N3Cc4ccccc4C[C@H]3CO)[C@H]([Si](C)(C)c3ccc(OC)cc3)[C@H]2C)c2cc(N3CCOC3=O)ccc21. The molecule has 1 spiro atoms. The Morgan fingerprint density at radius 1 is 1.10 bits per heavy atom. The largest absolute Gasteiger partial charge is 0.497 e. The van der Waals surface area contributed by atoms with E-state index in [0.717, 1.165) is 22.1 Å². The molecule has 1 N–H and O–H groups in total. The minimum absolute atomic E-state index is 0.0597. The molecule has 0 radical (unpaired) electrons. The van der Waals surface area contributed by atoms with Crippen molar-refractivity contribution < 1.29 is 33.7 Å². The quantitative estimate of drug-likeness (QED) is 0.255. The number of cyclic esters (lactones) is 1. The fourth-order valence-electron chi connectivity index (χ4n) is 8.94. The third-order valence-corrected chi connectivity index (χ3v) is 15.8. The van der Waals surface area contributed by atoms with Crippen molar-refractivity contribution in [2.75, 3.05) is 43.2 Å². The number of amides is 3. The van der Waals surface area contributed by atoms with Crippen LogP contribution in [0.25, 0.3) is 0 Å². The van der Waals surface area contributed by atoms with Gasteiger partial charge in [-0.25, -0.2) is 4.79 Å². The van der Waals surface area contributed by atoms with Crippen LogP contribution in [0.4, 0.5) is 16.2 Å². The summed E-state index contributed by atoms with van der Waals surface area (Å²) in [6.45, 7) is 11.8. The van der Waals surface area contributed by atoms with Crippen LogP contribution in [0.3, 0.4) is 0 Å². The zero-order valence-corrected chi connectivity index (χ0v) is 30.1. The smallest absolute Gasteiger partial charge is 0.414 e. The highest BCUT2D eigenvalue weighted by atomic mass is 28.3. The van der Waals surface area contributed by atoms with Crippen molar-refractivity contribution in [1.29, 1.82) is 0 Å². The van der Waals surface area contributed by atoms with Crippen molar-refractivity contribution in [2.45, 2.75) is 62.7 Å². The number of fused-ring (bicyclic) bond motifs is 3. The van der Waals surface area contributed by atoms with Gasteiger partial charge in [-0.15, -0.1) is 6.58 Å². The monoisotopic (exact) mass is 695 g/mol. The molecule has 2 saturated heterocycles. The predicted octanol–water partition coefficient (Wildman–Crippen LogP) is 4.74. The second kappa shape index (κ2) is 13.0. The molecule has 2 fully saturated rings. The lowest BCUT2D eigenvalue weighted by atomic mass is 9.82. The zero-order valence-electron chi connectivity index (χ0n) is 29.1. The van der Waals surface area contributed by atoms with Crippen LogP contribution >= 0.6 is 0 Å².